The molecule has 0 fully saturated rings. The average Bonchev–Trinajstić information content (AvgIpc) is 3.49. The zero-order valence-corrected chi connectivity index (χ0v) is 21.3. The van der Waals surface area contributed by atoms with Crippen molar-refractivity contribution in [1.29, 1.82) is 0 Å². The molecule has 2 aromatic carbocycles. The van der Waals surface area contributed by atoms with Crippen molar-refractivity contribution in [2.45, 2.75) is 57.5 Å². The molecular formula is C27H27F3N4O4. The minimum absolute atomic E-state index is 0.0201. The molecular weight excluding hydrogens is 501 g/mol. The summed E-state index contributed by atoms with van der Waals surface area (Å²) in [4.78, 5) is 4.14. The van der Waals surface area contributed by atoms with Crippen LogP contribution in [-0.4, -0.2) is 37.6 Å². The van der Waals surface area contributed by atoms with Crippen molar-refractivity contribution < 1.29 is 32.2 Å². The Morgan fingerprint density at radius 3 is 2.55 bits per heavy atom. The molecule has 0 saturated heterocycles. The Hall–Kier alpha value is -3.86. The Morgan fingerprint density at radius 1 is 1.11 bits per heavy atom. The molecule has 0 radical (unpaired) electrons. The van der Waals surface area contributed by atoms with Gasteiger partial charge in [-0.25, -0.2) is 4.98 Å². The van der Waals surface area contributed by atoms with E-state index in [9.17, 15) is 18.3 Å². The standard InChI is InChI=1S/C27H27F3N4O4/c1-16-31-15-22(37-16)20-10-9-17(13-21(20)36-4)23-32-33-24-26(25(2,3)35,11-6-12-34(23)24)38-19-8-5-7-18(14-19)27(28,29)30/h5,7-10,13-15,35H,6,11-12H2,1-4H3. The summed E-state index contributed by atoms with van der Waals surface area (Å²) in [6, 6.07) is 10.1. The van der Waals surface area contributed by atoms with Gasteiger partial charge in [-0.15, -0.1) is 10.2 Å². The lowest BCUT2D eigenvalue weighted by atomic mass is 9.79. The summed E-state index contributed by atoms with van der Waals surface area (Å²) in [6.07, 6.45) is -2.00. The fourth-order valence-corrected chi connectivity index (χ4v) is 4.88. The lowest BCUT2D eigenvalue weighted by Gasteiger charge is -2.44. The van der Waals surface area contributed by atoms with E-state index in [1.54, 1.807) is 40.1 Å². The summed E-state index contributed by atoms with van der Waals surface area (Å²) in [7, 11) is 1.55. The third-order valence-electron chi connectivity index (χ3n) is 6.81. The molecule has 0 amide bonds. The summed E-state index contributed by atoms with van der Waals surface area (Å²) < 4.78 is 59.4. The third-order valence-corrected chi connectivity index (χ3v) is 6.81. The van der Waals surface area contributed by atoms with Crippen molar-refractivity contribution in [3.63, 3.8) is 0 Å². The molecule has 1 N–H and O–H groups in total. The highest BCUT2D eigenvalue weighted by molar-refractivity contribution is 5.71. The van der Waals surface area contributed by atoms with Gasteiger partial charge in [0.15, 0.2) is 28.9 Å². The zero-order valence-electron chi connectivity index (χ0n) is 21.3. The quantitative estimate of drug-likeness (QED) is 0.339. The van der Waals surface area contributed by atoms with Crippen molar-refractivity contribution in [3.05, 3.63) is 65.9 Å². The molecule has 38 heavy (non-hydrogen) atoms. The number of oxazole rings is 1. The number of fused-ring (bicyclic) bond motifs is 1. The molecule has 8 nitrogen and oxygen atoms in total. The molecule has 3 heterocycles. The van der Waals surface area contributed by atoms with Crippen LogP contribution in [0.3, 0.4) is 0 Å². The Kier molecular flexibility index (Phi) is 6.21. The summed E-state index contributed by atoms with van der Waals surface area (Å²) in [6.45, 7) is 5.40. The van der Waals surface area contributed by atoms with Gasteiger partial charge in [-0.05, 0) is 57.0 Å². The lowest BCUT2D eigenvalue weighted by Crippen LogP contribution is -2.55. The molecule has 1 aliphatic heterocycles. The number of alkyl halides is 3. The van der Waals surface area contributed by atoms with Crippen molar-refractivity contribution in [3.8, 4) is 34.2 Å². The first kappa shape index (κ1) is 25.8. The highest BCUT2D eigenvalue weighted by Crippen LogP contribution is 2.45. The maximum Gasteiger partial charge on any atom is 0.416 e. The monoisotopic (exact) mass is 528 g/mol. The second-order valence-electron chi connectivity index (χ2n) is 9.77. The van der Waals surface area contributed by atoms with Crippen LogP contribution in [-0.2, 0) is 18.3 Å². The van der Waals surface area contributed by atoms with Gasteiger partial charge in [-0.2, -0.15) is 13.2 Å². The molecule has 0 spiro atoms. The largest absolute Gasteiger partial charge is 0.496 e. The predicted octanol–water partition coefficient (Wildman–Crippen LogP) is 5.77. The van der Waals surface area contributed by atoms with E-state index in [1.165, 1.54) is 12.1 Å². The first-order chi connectivity index (χ1) is 17.9. The van der Waals surface area contributed by atoms with E-state index in [4.69, 9.17) is 13.9 Å². The summed E-state index contributed by atoms with van der Waals surface area (Å²) in [5.41, 5.74) is -2.37. The number of methoxy groups -OCH3 is 1. The number of hydrogen-bond acceptors (Lipinski definition) is 7. The van der Waals surface area contributed by atoms with Gasteiger partial charge >= 0.3 is 6.18 Å². The number of benzene rings is 2. The van der Waals surface area contributed by atoms with E-state index in [2.05, 4.69) is 15.2 Å². The van der Waals surface area contributed by atoms with Crippen LogP contribution in [0.5, 0.6) is 11.5 Å². The predicted molar refractivity (Wildman–Crippen MR) is 132 cm³/mol. The lowest BCUT2D eigenvalue weighted by molar-refractivity contribution is -0.141. The van der Waals surface area contributed by atoms with Gasteiger partial charge in [0.1, 0.15) is 17.1 Å². The molecule has 0 aliphatic carbocycles. The first-order valence-electron chi connectivity index (χ1n) is 12.1. The fraction of sp³-hybridized carbons (Fsp3) is 0.370. The Labute approximate surface area is 217 Å². The molecule has 4 aromatic rings. The van der Waals surface area contributed by atoms with Gasteiger partial charge in [-0.1, -0.05) is 12.1 Å². The van der Waals surface area contributed by atoms with Gasteiger partial charge in [-0.3, -0.25) is 0 Å². The maximum absolute atomic E-state index is 13.4. The molecule has 0 bridgehead atoms. The highest BCUT2D eigenvalue weighted by Gasteiger charge is 2.53. The molecule has 1 unspecified atom stereocenters. The van der Waals surface area contributed by atoms with Crippen LogP contribution < -0.4 is 9.47 Å². The molecule has 2 aromatic heterocycles. The van der Waals surface area contributed by atoms with Crippen LogP contribution in [0.4, 0.5) is 13.2 Å². The second kappa shape index (κ2) is 9.16. The van der Waals surface area contributed by atoms with E-state index in [0.29, 0.717) is 59.6 Å². The van der Waals surface area contributed by atoms with Crippen LogP contribution >= 0.6 is 0 Å². The average molecular weight is 529 g/mol. The van der Waals surface area contributed by atoms with Gasteiger partial charge in [0.2, 0.25) is 0 Å². The highest BCUT2D eigenvalue weighted by atomic mass is 19.4. The zero-order chi connectivity index (χ0) is 27.3. The van der Waals surface area contributed by atoms with Gasteiger partial charge < -0.3 is 23.6 Å². The van der Waals surface area contributed by atoms with Crippen molar-refractivity contribution in [2.75, 3.05) is 7.11 Å². The van der Waals surface area contributed by atoms with Crippen molar-refractivity contribution in [2.24, 2.45) is 0 Å². The first-order valence-corrected chi connectivity index (χ1v) is 12.1. The normalized spacial score (nSPS) is 17.8. The third kappa shape index (κ3) is 4.40. The van der Waals surface area contributed by atoms with E-state index >= 15 is 0 Å². The number of hydrogen-bond donors (Lipinski definition) is 1. The molecule has 1 aliphatic rings. The number of nitrogens with zero attached hydrogens (tertiary/aromatic N) is 4. The van der Waals surface area contributed by atoms with E-state index in [0.717, 1.165) is 12.1 Å². The topological polar surface area (TPSA) is 95.4 Å². The van der Waals surface area contributed by atoms with Crippen LogP contribution in [0.15, 0.2) is 53.1 Å². The summed E-state index contributed by atoms with van der Waals surface area (Å²) in [5.74, 6) is 2.46. The number of aliphatic hydroxyl groups is 1. The summed E-state index contributed by atoms with van der Waals surface area (Å²) >= 11 is 0. The molecule has 5 rings (SSSR count). The summed E-state index contributed by atoms with van der Waals surface area (Å²) in [5, 5.41) is 20.1. The number of halogens is 3. The van der Waals surface area contributed by atoms with E-state index in [-0.39, 0.29) is 5.75 Å². The smallest absolute Gasteiger partial charge is 0.416 e. The molecule has 200 valence electrons. The maximum atomic E-state index is 13.4. The minimum atomic E-state index is -4.53. The molecule has 1 atom stereocenters. The second-order valence-corrected chi connectivity index (χ2v) is 9.77. The van der Waals surface area contributed by atoms with Crippen LogP contribution in [0.2, 0.25) is 0 Å². The number of aromatic nitrogens is 4. The number of rotatable bonds is 6. The minimum Gasteiger partial charge on any atom is -0.496 e. The Morgan fingerprint density at radius 2 is 1.89 bits per heavy atom. The fourth-order valence-electron chi connectivity index (χ4n) is 4.88. The van der Waals surface area contributed by atoms with Gasteiger partial charge in [0.05, 0.1) is 24.4 Å². The van der Waals surface area contributed by atoms with Crippen molar-refractivity contribution in [1.82, 2.24) is 19.7 Å². The van der Waals surface area contributed by atoms with Gasteiger partial charge in [0, 0.05) is 19.0 Å². The molecule has 0 saturated carbocycles. The SMILES string of the molecule is COc1cc(-c2nnc3n2CCCC3(Oc2cccc(C(F)(F)F)c2)C(C)(C)O)ccc1-c1cnc(C)o1. The number of aryl methyl sites for hydroxylation is 1. The Balaban J connectivity index is 1.58. The van der Waals surface area contributed by atoms with E-state index in [1.807, 2.05) is 16.7 Å². The van der Waals surface area contributed by atoms with E-state index < -0.39 is 22.9 Å². The Bertz CT molecular complexity index is 1470. The van der Waals surface area contributed by atoms with Crippen molar-refractivity contribution >= 4 is 0 Å². The number of ether oxygens (including phenoxy) is 2. The van der Waals surface area contributed by atoms with Crippen LogP contribution in [0.25, 0.3) is 22.7 Å². The molecule has 11 heteroatoms. The van der Waals surface area contributed by atoms with Gasteiger partial charge in [0.25, 0.3) is 0 Å². The van der Waals surface area contributed by atoms with Crippen LogP contribution in [0, 0.1) is 6.92 Å². The van der Waals surface area contributed by atoms with Crippen LogP contribution in [0.1, 0.15) is 44.0 Å².